The Kier molecular flexibility index (Phi) is 5.98. The zero-order chi connectivity index (χ0) is 16.3. The number of carbonyl (C=O) groups excluding carboxylic acids is 1. The second-order valence-electron chi connectivity index (χ2n) is 6.84. The molecule has 0 radical (unpaired) electrons. The number of hydrogen-bond acceptors (Lipinski definition) is 5. The van der Waals surface area contributed by atoms with Crippen LogP contribution in [0.5, 0.6) is 0 Å². The van der Waals surface area contributed by atoms with Gasteiger partial charge in [0, 0.05) is 0 Å². The maximum atomic E-state index is 11.8. The molecule has 0 heterocycles. The fourth-order valence-corrected chi connectivity index (χ4v) is 1.60. The summed E-state index contributed by atoms with van der Waals surface area (Å²) in [6.07, 6.45) is -2.16. The predicted octanol–water partition coefficient (Wildman–Crippen LogP) is 0.699. The molecule has 0 saturated heterocycles. The average molecular weight is 290 g/mol. The molecule has 20 heavy (non-hydrogen) atoms. The zero-order valence-corrected chi connectivity index (χ0v) is 12.9. The van der Waals surface area contributed by atoms with E-state index in [-0.39, 0.29) is 0 Å². The number of amides is 1. The molecule has 3 unspecified atom stereocenters. The van der Waals surface area contributed by atoms with Crippen molar-refractivity contribution < 1.29 is 24.5 Å². The van der Waals surface area contributed by atoms with Gasteiger partial charge in [0.25, 0.3) is 0 Å². The van der Waals surface area contributed by atoms with Crippen molar-refractivity contribution in [2.45, 2.75) is 65.3 Å². The van der Waals surface area contributed by atoms with E-state index in [2.05, 4.69) is 5.32 Å². The Bertz CT molecular complexity index is 357. The Morgan fingerprint density at radius 3 is 1.90 bits per heavy atom. The highest BCUT2D eigenvalue weighted by molar-refractivity contribution is 5.74. The van der Waals surface area contributed by atoms with Crippen LogP contribution in [0.3, 0.4) is 0 Å². The molecule has 0 bridgehead atoms. The number of aliphatic carboxylic acids is 1. The lowest BCUT2D eigenvalue weighted by Crippen LogP contribution is -2.59. The molecule has 0 aliphatic rings. The molecule has 0 fully saturated rings. The van der Waals surface area contributed by atoms with Crippen LogP contribution in [0, 0.1) is 5.41 Å². The van der Waals surface area contributed by atoms with Crippen molar-refractivity contribution in [1.29, 1.82) is 0 Å². The third-order valence-corrected chi connectivity index (χ3v) is 2.60. The highest BCUT2D eigenvalue weighted by Gasteiger charge is 2.39. The van der Waals surface area contributed by atoms with Crippen molar-refractivity contribution in [3.63, 3.8) is 0 Å². The highest BCUT2D eigenvalue weighted by atomic mass is 16.6. The van der Waals surface area contributed by atoms with Gasteiger partial charge >= 0.3 is 12.1 Å². The van der Waals surface area contributed by atoms with Crippen LogP contribution in [0.15, 0.2) is 0 Å². The Balaban J connectivity index is 5.02. The molecule has 5 N–H and O–H groups in total. The van der Waals surface area contributed by atoms with E-state index < -0.39 is 41.3 Å². The average Bonchev–Trinajstić information content (AvgIpc) is 2.19. The molecule has 0 aromatic heterocycles. The number of ether oxygens (including phenoxy) is 1. The number of carboxylic acids is 1. The van der Waals surface area contributed by atoms with Gasteiger partial charge in [-0.25, -0.2) is 4.79 Å². The number of rotatable bonds is 4. The van der Waals surface area contributed by atoms with E-state index in [1.54, 1.807) is 41.5 Å². The van der Waals surface area contributed by atoms with Crippen LogP contribution in [0.2, 0.25) is 0 Å². The SMILES string of the molecule is CC(C)(C)OC(=O)NC(C(O)C(N)C(=O)O)C(C)(C)C. The van der Waals surface area contributed by atoms with E-state index in [4.69, 9.17) is 15.6 Å². The van der Waals surface area contributed by atoms with Gasteiger partial charge in [-0.2, -0.15) is 0 Å². The van der Waals surface area contributed by atoms with Gasteiger partial charge in [0.1, 0.15) is 17.7 Å². The summed E-state index contributed by atoms with van der Waals surface area (Å²) in [6.45, 7) is 10.4. The van der Waals surface area contributed by atoms with Crippen LogP contribution < -0.4 is 11.1 Å². The molecule has 1 amide bonds. The lowest BCUT2D eigenvalue weighted by molar-refractivity contribution is -0.142. The molecule has 7 heteroatoms. The fraction of sp³-hybridized carbons (Fsp3) is 0.846. The quantitative estimate of drug-likeness (QED) is 0.604. The van der Waals surface area contributed by atoms with Crippen molar-refractivity contribution in [3.8, 4) is 0 Å². The third kappa shape index (κ3) is 6.21. The molecule has 0 aromatic rings. The van der Waals surface area contributed by atoms with Crippen LogP contribution in [-0.4, -0.2) is 46.1 Å². The number of nitrogens with two attached hydrogens (primary N) is 1. The molecule has 0 aromatic carbocycles. The summed E-state index contributed by atoms with van der Waals surface area (Å²) < 4.78 is 5.10. The summed E-state index contributed by atoms with van der Waals surface area (Å²) in [5.74, 6) is -1.34. The molecule has 7 nitrogen and oxygen atoms in total. The van der Waals surface area contributed by atoms with E-state index in [1.165, 1.54) is 0 Å². The number of carbonyl (C=O) groups is 2. The Morgan fingerprint density at radius 1 is 1.15 bits per heavy atom. The standard InChI is InChI=1S/C13H26N2O5/c1-12(2,3)9(8(16)7(14)10(17)18)15-11(19)20-13(4,5)6/h7-9,16H,14H2,1-6H3,(H,15,19)(H,17,18). The maximum absolute atomic E-state index is 11.8. The number of hydrogen-bond donors (Lipinski definition) is 4. The predicted molar refractivity (Wildman–Crippen MR) is 74.2 cm³/mol. The Morgan fingerprint density at radius 2 is 1.60 bits per heavy atom. The van der Waals surface area contributed by atoms with Crippen molar-refractivity contribution in [2.75, 3.05) is 0 Å². The summed E-state index contributed by atoms with van der Waals surface area (Å²) >= 11 is 0. The van der Waals surface area contributed by atoms with E-state index >= 15 is 0 Å². The molecule has 118 valence electrons. The summed E-state index contributed by atoms with van der Waals surface area (Å²) in [4.78, 5) is 22.6. The van der Waals surface area contributed by atoms with Crippen LogP contribution >= 0.6 is 0 Å². The van der Waals surface area contributed by atoms with Crippen molar-refractivity contribution in [3.05, 3.63) is 0 Å². The first kappa shape index (κ1) is 18.7. The van der Waals surface area contributed by atoms with E-state index in [9.17, 15) is 14.7 Å². The summed E-state index contributed by atoms with van der Waals surface area (Å²) in [6, 6.07) is -2.35. The topological polar surface area (TPSA) is 122 Å². The molecular weight excluding hydrogens is 264 g/mol. The van der Waals surface area contributed by atoms with Gasteiger partial charge in [-0.3, -0.25) is 4.79 Å². The van der Waals surface area contributed by atoms with Gasteiger partial charge in [-0.1, -0.05) is 20.8 Å². The molecule has 0 saturated carbocycles. The zero-order valence-electron chi connectivity index (χ0n) is 12.9. The summed E-state index contributed by atoms with van der Waals surface area (Å²) in [5.41, 5.74) is 4.14. The van der Waals surface area contributed by atoms with E-state index in [0.717, 1.165) is 0 Å². The summed E-state index contributed by atoms with van der Waals surface area (Å²) in [5, 5.41) is 21.4. The minimum atomic E-state index is -1.49. The maximum Gasteiger partial charge on any atom is 0.407 e. The van der Waals surface area contributed by atoms with Gasteiger partial charge in [0.2, 0.25) is 0 Å². The largest absolute Gasteiger partial charge is 0.480 e. The smallest absolute Gasteiger partial charge is 0.407 e. The molecule has 0 spiro atoms. The van der Waals surface area contributed by atoms with Gasteiger partial charge in [-0.15, -0.1) is 0 Å². The van der Waals surface area contributed by atoms with Crippen LogP contribution in [0.25, 0.3) is 0 Å². The first-order valence-electron chi connectivity index (χ1n) is 6.41. The van der Waals surface area contributed by atoms with E-state index in [1.807, 2.05) is 0 Å². The first-order chi connectivity index (χ1) is 8.75. The number of aliphatic hydroxyl groups excluding tert-OH is 1. The van der Waals surface area contributed by atoms with Crippen molar-refractivity contribution in [1.82, 2.24) is 5.32 Å². The van der Waals surface area contributed by atoms with Gasteiger partial charge in [0.15, 0.2) is 0 Å². The van der Waals surface area contributed by atoms with Crippen molar-refractivity contribution in [2.24, 2.45) is 11.1 Å². The Hall–Kier alpha value is -1.34. The highest BCUT2D eigenvalue weighted by Crippen LogP contribution is 2.23. The van der Waals surface area contributed by atoms with Crippen LogP contribution in [-0.2, 0) is 9.53 Å². The van der Waals surface area contributed by atoms with Crippen LogP contribution in [0.4, 0.5) is 4.79 Å². The van der Waals surface area contributed by atoms with Crippen LogP contribution in [0.1, 0.15) is 41.5 Å². The second-order valence-corrected chi connectivity index (χ2v) is 6.84. The summed E-state index contributed by atoms with van der Waals surface area (Å²) in [7, 11) is 0. The normalized spacial score (nSPS) is 17.0. The second kappa shape index (κ2) is 6.41. The number of nitrogens with one attached hydrogen (secondary N) is 1. The molecular formula is C13H26N2O5. The third-order valence-electron chi connectivity index (χ3n) is 2.60. The first-order valence-corrected chi connectivity index (χ1v) is 6.41. The minimum Gasteiger partial charge on any atom is -0.480 e. The number of alkyl carbamates (subject to hydrolysis) is 1. The van der Waals surface area contributed by atoms with Gasteiger partial charge < -0.3 is 26.0 Å². The molecule has 3 atom stereocenters. The monoisotopic (exact) mass is 290 g/mol. The molecule has 0 aliphatic heterocycles. The fourth-order valence-electron chi connectivity index (χ4n) is 1.60. The lowest BCUT2D eigenvalue weighted by Gasteiger charge is -2.36. The Labute approximate surface area is 119 Å². The number of aliphatic hydroxyl groups is 1. The van der Waals surface area contributed by atoms with Crippen molar-refractivity contribution >= 4 is 12.1 Å². The number of carboxylic acid groups (broad SMARTS) is 1. The van der Waals surface area contributed by atoms with Gasteiger partial charge in [0.05, 0.1) is 6.04 Å². The molecule has 0 aliphatic carbocycles. The lowest BCUT2D eigenvalue weighted by atomic mass is 9.81. The van der Waals surface area contributed by atoms with Gasteiger partial charge in [-0.05, 0) is 26.2 Å². The van der Waals surface area contributed by atoms with E-state index in [0.29, 0.717) is 0 Å². The molecule has 0 rings (SSSR count). The minimum absolute atomic E-state index is 0.594.